The van der Waals surface area contributed by atoms with Crippen LogP contribution < -0.4 is 5.32 Å². The van der Waals surface area contributed by atoms with Gasteiger partial charge in [0.15, 0.2) is 0 Å². The molecule has 0 saturated carbocycles. The number of piperidine rings is 1. The fraction of sp³-hybridized carbons (Fsp3) is 0.833. The van der Waals surface area contributed by atoms with E-state index in [9.17, 15) is 0 Å². The summed E-state index contributed by atoms with van der Waals surface area (Å²) in [6.07, 6.45) is 4.18. The first-order chi connectivity index (χ1) is 4.88. The SMILES string of the molecule is ON1N=CC2CCCNC21. The van der Waals surface area contributed by atoms with E-state index in [1.807, 2.05) is 6.21 Å². The molecule has 2 aliphatic heterocycles. The monoisotopic (exact) mass is 141 g/mol. The van der Waals surface area contributed by atoms with Crippen molar-refractivity contribution in [2.24, 2.45) is 11.0 Å². The van der Waals surface area contributed by atoms with Gasteiger partial charge in [0.1, 0.15) is 6.17 Å². The zero-order valence-electron chi connectivity index (χ0n) is 5.70. The van der Waals surface area contributed by atoms with E-state index in [1.54, 1.807) is 0 Å². The Hall–Kier alpha value is -0.610. The third-order valence-corrected chi connectivity index (χ3v) is 2.10. The second-order valence-electron chi connectivity index (χ2n) is 2.79. The van der Waals surface area contributed by atoms with Crippen LogP contribution in [0.15, 0.2) is 5.10 Å². The molecule has 2 rings (SSSR count). The molecular weight excluding hydrogens is 130 g/mol. The first-order valence-electron chi connectivity index (χ1n) is 3.63. The predicted octanol–water partition coefficient (Wildman–Crippen LogP) is 0.00270. The third-order valence-electron chi connectivity index (χ3n) is 2.10. The van der Waals surface area contributed by atoms with Crippen LogP contribution in [-0.2, 0) is 0 Å². The Bertz CT molecular complexity index is 159. The number of hydrazone groups is 1. The Balaban J connectivity index is 2.07. The quantitative estimate of drug-likeness (QED) is 0.499. The Labute approximate surface area is 59.5 Å². The van der Waals surface area contributed by atoms with Crippen LogP contribution in [0.25, 0.3) is 0 Å². The fourth-order valence-electron chi connectivity index (χ4n) is 1.53. The standard InChI is InChI=1S/C6H11N3O/c10-9-6-5(4-8-9)2-1-3-7-6/h4-7,10H,1-3H2. The lowest BCUT2D eigenvalue weighted by atomic mass is 9.98. The molecule has 0 aromatic heterocycles. The summed E-state index contributed by atoms with van der Waals surface area (Å²) in [5.74, 6) is 0.416. The number of nitrogens with one attached hydrogen (secondary N) is 1. The van der Waals surface area contributed by atoms with Crippen molar-refractivity contribution in [2.75, 3.05) is 6.54 Å². The molecular formula is C6H11N3O. The molecule has 1 fully saturated rings. The van der Waals surface area contributed by atoms with Gasteiger partial charge in [-0.1, -0.05) is 0 Å². The number of rotatable bonds is 0. The van der Waals surface area contributed by atoms with Crippen molar-refractivity contribution in [3.63, 3.8) is 0 Å². The Kier molecular flexibility index (Phi) is 1.35. The predicted molar refractivity (Wildman–Crippen MR) is 36.6 cm³/mol. The number of hydrogen-bond donors (Lipinski definition) is 2. The molecule has 2 unspecified atom stereocenters. The van der Waals surface area contributed by atoms with E-state index in [-0.39, 0.29) is 6.17 Å². The van der Waals surface area contributed by atoms with Crippen molar-refractivity contribution < 1.29 is 5.21 Å². The summed E-state index contributed by atoms with van der Waals surface area (Å²) in [7, 11) is 0. The minimum atomic E-state index is 0.0498. The van der Waals surface area contributed by atoms with Gasteiger partial charge in [-0.25, -0.2) is 0 Å². The topological polar surface area (TPSA) is 47.9 Å². The number of hydroxylamine groups is 1. The van der Waals surface area contributed by atoms with Crippen LogP contribution in [0.1, 0.15) is 12.8 Å². The van der Waals surface area contributed by atoms with Gasteiger partial charge in [0.2, 0.25) is 0 Å². The van der Waals surface area contributed by atoms with Crippen LogP contribution in [0, 0.1) is 5.92 Å². The minimum Gasteiger partial charge on any atom is -0.293 e. The summed E-state index contributed by atoms with van der Waals surface area (Å²) in [6, 6.07) is 0. The van der Waals surface area contributed by atoms with Crippen LogP contribution >= 0.6 is 0 Å². The van der Waals surface area contributed by atoms with Crippen molar-refractivity contribution in [1.82, 2.24) is 10.5 Å². The van der Waals surface area contributed by atoms with Gasteiger partial charge in [-0.3, -0.25) is 10.5 Å². The Morgan fingerprint density at radius 3 is 3.40 bits per heavy atom. The third kappa shape index (κ3) is 0.803. The first-order valence-corrected chi connectivity index (χ1v) is 3.63. The van der Waals surface area contributed by atoms with E-state index in [2.05, 4.69) is 10.4 Å². The van der Waals surface area contributed by atoms with Crippen molar-refractivity contribution in [1.29, 1.82) is 0 Å². The maximum atomic E-state index is 9.10. The largest absolute Gasteiger partial charge is 0.293 e. The maximum absolute atomic E-state index is 9.10. The van der Waals surface area contributed by atoms with Crippen LogP contribution in [0.4, 0.5) is 0 Å². The molecule has 0 bridgehead atoms. The zero-order valence-corrected chi connectivity index (χ0v) is 5.70. The maximum Gasteiger partial charge on any atom is 0.133 e. The van der Waals surface area contributed by atoms with Crippen LogP contribution in [0.5, 0.6) is 0 Å². The van der Waals surface area contributed by atoms with E-state index >= 15 is 0 Å². The highest BCUT2D eigenvalue weighted by atomic mass is 16.5. The molecule has 0 amide bonds. The van der Waals surface area contributed by atoms with Gasteiger partial charge in [0.05, 0.1) is 0 Å². The van der Waals surface area contributed by atoms with Gasteiger partial charge in [-0.15, -0.1) is 0 Å². The van der Waals surface area contributed by atoms with Crippen LogP contribution in [0.3, 0.4) is 0 Å². The van der Waals surface area contributed by atoms with E-state index in [0.29, 0.717) is 5.92 Å². The van der Waals surface area contributed by atoms with E-state index in [0.717, 1.165) is 18.1 Å². The summed E-state index contributed by atoms with van der Waals surface area (Å²) in [6.45, 7) is 0.988. The van der Waals surface area contributed by atoms with Gasteiger partial charge in [-0.05, 0) is 19.4 Å². The first kappa shape index (κ1) is 6.12. The Morgan fingerprint density at radius 2 is 2.60 bits per heavy atom. The van der Waals surface area contributed by atoms with E-state index in [4.69, 9.17) is 5.21 Å². The lowest BCUT2D eigenvalue weighted by Crippen LogP contribution is -2.46. The number of nitrogens with zero attached hydrogens (tertiary/aromatic N) is 2. The smallest absolute Gasteiger partial charge is 0.133 e. The van der Waals surface area contributed by atoms with Crippen molar-refractivity contribution in [3.8, 4) is 0 Å². The van der Waals surface area contributed by atoms with Crippen LogP contribution in [0.2, 0.25) is 0 Å². The highest BCUT2D eigenvalue weighted by molar-refractivity contribution is 5.63. The molecule has 0 aromatic carbocycles. The summed E-state index contributed by atoms with van der Waals surface area (Å²) < 4.78 is 0. The molecule has 4 heteroatoms. The molecule has 4 nitrogen and oxygen atoms in total. The molecule has 1 saturated heterocycles. The summed E-state index contributed by atoms with van der Waals surface area (Å²) in [4.78, 5) is 0. The highest BCUT2D eigenvalue weighted by Gasteiger charge is 2.31. The number of fused-ring (bicyclic) bond motifs is 1. The lowest BCUT2D eigenvalue weighted by Gasteiger charge is -2.27. The van der Waals surface area contributed by atoms with Crippen molar-refractivity contribution in [3.05, 3.63) is 0 Å². The molecule has 2 aliphatic rings. The highest BCUT2D eigenvalue weighted by Crippen LogP contribution is 2.21. The average molecular weight is 141 g/mol. The summed E-state index contributed by atoms with van der Waals surface area (Å²) in [5, 5.41) is 17.1. The normalized spacial score (nSPS) is 38.3. The molecule has 56 valence electrons. The second kappa shape index (κ2) is 2.21. The van der Waals surface area contributed by atoms with Crippen LogP contribution in [-0.4, -0.2) is 29.3 Å². The summed E-state index contributed by atoms with van der Waals surface area (Å²) >= 11 is 0. The van der Waals surface area contributed by atoms with Gasteiger partial charge in [0.25, 0.3) is 0 Å². The molecule has 2 N–H and O–H groups in total. The van der Waals surface area contributed by atoms with Gasteiger partial charge in [0, 0.05) is 12.1 Å². The molecule has 2 heterocycles. The average Bonchev–Trinajstić information content (AvgIpc) is 2.34. The minimum absolute atomic E-state index is 0.0498. The van der Waals surface area contributed by atoms with Gasteiger partial charge >= 0.3 is 0 Å². The molecule has 0 aliphatic carbocycles. The summed E-state index contributed by atoms with van der Waals surface area (Å²) in [5.41, 5.74) is 0. The number of hydrogen-bond acceptors (Lipinski definition) is 4. The van der Waals surface area contributed by atoms with Crippen molar-refractivity contribution >= 4 is 6.21 Å². The molecule has 0 aromatic rings. The molecule has 10 heavy (non-hydrogen) atoms. The molecule has 2 atom stereocenters. The fourth-order valence-corrected chi connectivity index (χ4v) is 1.53. The molecule has 0 radical (unpaired) electrons. The van der Waals surface area contributed by atoms with Gasteiger partial charge < -0.3 is 0 Å². The van der Waals surface area contributed by atoms with Crippen molar-refractivity contribution in [2.45, 2.75) is 19.0 Å². The van der Waals surface area contributed by atoms with Gasteiger partial charge in [-0.2, -0.15) is 10.3 Å². The zero-order chi connectivity index (χ0) is 6.97. The second-order valence-corrected chi connectivity index (χ2v) is 2.79. The molecule has 0 spiro atoms. The lowest BCUT2D eigenvalue weighted by molar-refractivity contribution is -0.136. The van der Waals surface area contributed by atoms with E-state index in [1.165, 1.54) is 6.42 Å². The Morgan fingerprint density at radius 1 is 1.70 bits per heavy atom. The van der Waals surface area contributed by atoms with E-state index < -0.39 is 0 Å².